The Balaban J connectivity index is 1.17. The highest BCUT2D eigenvalue weighted by Crippen LogP contribution is 2.57. The monoisotopic (exact) mass is 775 g/mol. The summed E-state index contributed by atoms with van der Waals surface area (Å²) in [5.74, 6) is -4.04. The second kappa shape index (κ2) is 13.1. The van der Waals surface area contributed by atoms with Crippen LogP contribution in [0.5, 0.6) is 0 Å². The number of hydrogen-bond acceptors (Lipinski definition) is 5. The quantitative estimate of drug-likeness (QED) is 0.124. The SMILES string of the molecule is Cc1ccc(-c2cc(-c3ccccc3)cc(-c3ccc(N4C(=O)c5ccc(C(c6ccc7c(c6)C(=O)N(C)C7=O)(C(F)(F)F)C(F)(F)F)cc5C4=O)cc3)n2)cc1. The van der Waals surface area contributed by atoms with Crippen molar-refractivity contribution in [3.8, 4) is 33.6 Å². The number of rotatable bonds is 6. The van der Waals surface area contributed by atoms with Gasteiger partial charge in [-0.15, -0.1) is 0 Å². The van der Waals surface area contributed by atoms with E-state index in [2.05, 4.69) is 0 Å². The first-order chi connectivity index (χ1) is 27.0. The molecular weight excluding hydrogens is 748 g/mol. The summed E-state index contributed by atoms with van der Waals surface area (Å²) in [5, 5.41) is 0. The topological polar surface area (TPSA) is 87.7 Å². The van der Waals surface area contributed by atoms with E-state index in [1.165, 1.54) is 12.1 Å². The van der Waals surface area contributed by atoms with Crippen molar-refractivity contribution in [3.05, 3.63) is 166 Å². The first-order valence-corrected chi connectivity index (χ1v) is 17.4. The van der Waals surface area contributed by atoms with E-state index in [9.17, 15) is 19.2 Å². The number of nitrogens with zero attached hydrogens (tertiary/aromatic N) is 3. The predicted octanol–water partition coefficient (Wildman–Crippen LogP) is 9.83. The number of carbonyl (C=O) groups is 4. The van der Waals surface area contributed by atoms with Crippen molar-refractivity contribution < 1.29 is 45.5 Å². The van der Waals surface area contributed by atoms with Gasteiger partial charge in [0, 0.05) is 18.2 Å². The standard InChI is InChI=1S/C44H27F6N3O4/c1-24-8-10-26(11-9-24)36-20-28(25-6-4-3-5-7-25)21-37(51-36)27-12-16-31(17-13-27)53-40(56)33-19-15-30(23-35(33)41(53)57)42(43(45,46)47,44(48,49)50)29-14-18-32-34(22-29)39(55)52(2)38(32)54/h3-23H,1-2H3. The molecule has 0 atom stereocenters. The normalized spacial score (nSPS) is 14.4. The lowest BCUT2D eigenvalue weighted by Crippen LogP contribution is -2.55. The number of imide groups is 2. The second-order valence-corrected chi connectivity index (χ2v) is 13.8. The molecule has 13 heteroatoms. The van der Waals surface area contributed by atoms with Crippen molar-refractivity contribution >= 4 is 29.3 Å². The third-order valence-electron chi connectivity index (χ3n) is 10.4. The molecule has 2 aliphatic rings. The Bertz CT molecular complexity index is 2640. The summed E-state index contributed by atoms with van der Waals surface area (Å²) in [6, 6.07) is 30.7. The molecule has 0 saturated carbocycles. The zero-order valence-electron chi connectivity index (χ0n) is 29.9. The average Bonchev–Trinajstić information content (AvgIpc) is 3.56. The number of carbonyl (C=O) groups excluding carboxylic acids is 4. The van der Waals surface area contributed by atoms with Gasteiger partial charge in [0.05, 0.1) is 39.3 Å². The number of fused-ring (bicyclic) bond motifs is 2. The number of amides is 4. The maximum Gasteiger partial charge on any atom is 0.411 e. The van der Waals surface area contributed by atoms with Crippen molar-refractivity contribution in [1.29, 1.82) is 0 Å². The molecule has 0 N–H and O–H groups in total. The van der Waals surface area contributed by atoms with Crippen LogP contribution in [0.1, 0.15) is 58.1 Å². The van der Waals surface area contributed by atoms with E-state index >= 15 is 26.3 Å². The highest BCUT2D eigenvalue weighted by Gasteiger charge is 2.73. The van der Waals surface area contributed by atoms with Crippen LogP contribution in [0, 0.1) is 6.92 Å². The van der Waals surface area contributed by atoms with Gasteiger partial charge in [-0.2, -0.15) is 26.3 Å². The lowest BCUT2D eigenvalue weighted by atomic mass is 9.71. The summed E-state index contributed by atoms with van der Waals surface area (Å²) < 4.78 is 90.6. The first kappa shape index (κ1) is 37.1. The molecule has 3 heterocycles. The lowest BCUT2D eigenvalue weighted by Gasteiger charge is -2.38. The maximum absolute atomic E-state index is 15.1. The molecule has 0 radical (unpaired) electrons. The van der Waals surface area contributed by atoms with E-state index in [4.69, 9.17) is 4.98 Å². The van der Waals surface area contributed by atoms with E-state index in [1.54, 1.807) is 12.1 Å². The minimum absolute atomic E-state index is 0.0216. The number of benzene rings is 5. The van der Waals surface area contributed by atoms with Crippen LogP contribution in [0.2, 0.25) is 0 Å². The minimum Gasteiger partial charge on any atom is -0.277 e. The van der Waals surface area contributed by atoms with Crippen molar-refractivity contribution in [2.24, 2.45) is 0 Å². The number of aryl methyl sites for hydroxylation is 1. The van der Waals surface area contributed by atoms with Gasteiger partial charge in [0.15, 0.2) is 0 Å². The number of anilines is 1. The van der Waals surface area contributed by atoms with E-state index < -0.39 is 69.2 Å². The number of hydrogen-bond donors (Lipinski definition) is 0. The first-order valence-electron chi connectivity index (χ1n) is 17.4. The molecule has 0 unspecified atom stereocenters. The highest BCUT2D eigenvalue weighted by molar-refractivity contribution is 6.34. The van der Waals surface area contributed by atoms with E-state index in [0.717, 1.165) is 41.4 Å². The molecule has 57 heavy (non-hydrogen) atoms. The summed E-state index contributed by atoms with van der Waals surface area (Å²) in [7, 11) is 1.05. The molecule has 8 rings (SSSR count). The molecule has 5 aromatic carbocycles. The molecule has 0 bridgehead atoms. The van der Waals surface area contributed by atoms with Gasteiger partial charge >= 0.3 is 12.4 Å². The van der Waals surface area contributed by atoms with E-state index in [0.29, 0.717) is 51.0 Å². The van der Waals surface area contributed by atoms with Crippen LogP contribution in [0.25, 0.3) is 33.6 Å². The van der Waals surface area contributed by atoms with Gasteiger partial charge < -0.3 is 0 Å². The van der Waals surface area contributed by atoms with Crippen LogP contribution in [-0.4, -0.2) is 52.9 Å². The fourth-order valence-electron chi connectivity index (χ4n) is 7.41. The van der Waals surface area contributed by atoms with Crippen LogP contribution in [-0.2, 0) is 5.41 Å². The summed E-state index contributed by atoms with van der Waals surface area (Å²) in [4.78, 5) is 58.6. The molecule has 0 aliphatic carbocycles. The Morgan fingerprint density at radius 3 is 1.46 bits per heavy atom. The van der Waals surface area contributed by atoms with Gasteiger partial charge in [-0.3, -0.25) is 24.1 Å². The summed E-state index contributed by atoms with van der Waals surface area (Å²) in [5.41, 5.74) is -4.00. The van der Waals surface area contributed by atoms with Gasteiger partial charge in [0.1, 0.15) is 0 Å². The van der Waals surface area contributed by atoms with Crippen LogP contribution < -0.4 is 4.90 Å². The van der Waals surface area contributed by atoms with Gasteiger partial charge in [0.2, 0.25) is 5.41 Å². The third kappa shape index (κ3) is 5.80. The van der Waals surface area contributed by atoms with Crippen LogP contribution in [0.3, 0.4) is 0 Å². The summed E-state index contributed by atoms with van der Waals surface area (Å²) >= 11 is 0. The fourth-order valence-corrected chi connectivity index (χ4v) is 7.41. The van der Waals surface area contributed by atoms with Crippen molar-refractivity contribution in [1.82, 2.24) is 9.88 Å². The average molecular weight is 776 g/mol. The highest BCUT2D eigenvalue weighted by atomic mass is 19.4. The van der Waals surface area contributed by atoms with E-state index in [-0.39, 0.29) is 11.3 Å². The minimum atomic E-state index is -6.07. The van der Waals surface area contributed by atoms with Crippen LogP contribution >= 0.6 is 0 Å². The zero-order chi connectivity index (χ0) is 40.6. The molecular formula is C44H27F6N3O4. The van der Waals surface area contributed by atoms with Crippen molar-refractivity contribution in [2.45, 2.75) is 24.7 Å². The number of pyridine rings is 1. The molecule has 0 fully saturated rings. The van der Waals surface area contributed by atoms with Gasteiger partial charge in [-0.05, 0) is 77.7 Å². The Morgan fingerprint density at radius 2 is 0.930 bits per heavy atom. The number of alkyl halides is 6. The molecule has 2 aliphatic heterocycles. The Labute approximate surface area is 320 Å². The van der Waals surface area contributed by atoms with Gasteiger partial charge in [0.25, 0.3) is 23.6 Å². The van der Waals surface area contributed by atoms with Crippen LogP contribution in [0.4, 0.5) is 32.0 Å². The summed E-state index contributed by atoms with van der Waals surface area (Å²) in [6.45, 7) is 1.97. The van der Waals surface area contributed by atoms with Crippen molar-refractivity contribution in [3.63, 3.8) is 0 Å². The van der Waals surface area contributed by atoms with Crippen LogP contribution in [0.15, 0.2) is 127 Å². The molecule has 0 spiro atoms. The van der Waals surface area contributed by atoms with Gasteiger partial charge in [-0.25, -0.2) is 9.88 Å². The molecule has 1 aromatic heterocycles. The third-order valence-corrected chi connectivity index (χ3v) is 10.4. The lowest BCUT2D eigenvalue weighted by molar-refractivity contribution is -0.288. The van der Waals surface area contributed by atoms with Crippen molar-refractivity contribution in [2.75, 3.05) is 11.9 Å². The number of aromatic nitrogens is 1. The van der Waals surface area contributed by atoms with Gasteiger partial charge in [-0.1, -0.05) is 84.4 Å². The Hall–Kier alpha value is -6.89. The predicted molar refractivity (Wildman–Crippen MR) is 199 cm³/mol. The second-order valence-electron chi connectivity index (χ2n) is 13.8. The molecule has 7 nitrogen and oxygen atoms in total. The fraction of sp³-hybridized carbons (Fsp3) is 0.114. The molecule has 6 aromatic rings. The largest absolute Gasteiger partial charge is 0.411 e. The Morgan fingerprint density at radius 1 is 0.474 bits per heavy atom. The zero-order valence-corrected chi connectivity index (χ0v) is 29.9. The smallest absolute Gasteiger partial charge is 0.277 e. The molecule has 284 valence electrons. The summed E-state index contributed by atoms with van der Waals surface area (Å²) in [6.07, 6.45) is -12.1. The van der Waals surface area contributed by atoms with E-state index in [1.807, 2.05) is 73.7 Å². The Kier molecular flexibility index (Phi) is 8.52. The maximum atomic E-state index is 15.1. The molecule has 0 saturated heterocycles. The number of halogens is 6. The molecule has 4 amide bonds.